The largest absolute Gasteiger partial charge is 0.491 e. The van der Waals surface area contributed by atoms with Crippen LogP contribution in [0.15, 0.2) is 30.3 Å². The summed E-state index contributed by atoms with van der Waals surface area (Å²) >= 11 is 0. The molecule has 0 radical (unpaired) electrons. The SMILES string of the molecule is CCCCCC1CCC(OB(O)c2ccccc2)CC1. The standard InChI is InChI=1S/C17H27BO2/c1-2-3-5-8-15-11-13-17(14-12-15)20-18(19)16-9-6-4-7-10-16/h4,6-7,9-10,15,17,19H,2-3,5,8,11-14H2,1H3. The van der Waals surface area contributed by atoms with Crippen molar-refractivity contribution in [3.63, 3.8) is 0 Å². The zero-order valence-electron chi connectivity index (χ0n) is 12.6. The van der Waals surface area contributed by atoms with Crippen LogP contribution in [-0.2, 0) is 4.65 Å². The van der Waals surface area contributed by atoms with Crippen molar-refractivity contribution < 1.29 is 9.68 Å². The number of benzene rings is 1. The van der Waals surface area contributed by atoms with Crippen LogP contribution in [0.4, 0.5) is 0 Å². The molecule has 0 saturated heterocycles. The van der Waals surface area contributed by atoms with E-state index in [2.05, 4.69) is 6.92 Å². The van der Waals surface area contributed by atoms with Crippen LogP contribution in [0.3, 0.4) is 0 Å². The second kappa shape index (κ2) is 8.48. The molecule has 0 atom stereocenters. The molecule has 1 N–H and O–H groups in total. The highest BCUT2D eigenvalue weighted by Gasteiger charge is 2.26. The van der Waals surface area contributed by atoms with E-state index in [1.807, 2.05) is 30.3 Å². The quantitative estimate of drug-likeness (QED) is 0.609. The molecule has 0 bridgehead atoms. The topological polar surface area (TPSA) is 29.5 Å². The lowest BCUT2D eigenvalue weighted by atomic mass is 9.77. The van der Waals surface area contributed by atoms with Crippen molar-refractivity contribution in [2.45, 2.75) is 64.4 Å². The van der Waals surface area contributed by atoms with Crippen LogP contribution in [0.2, 0.25) is 0 Å². The number of hydrogen-bond acceptors (Lipinski definition) is 2. The van der Waals surface area contributed by atoms with Crippen molar-refractivity contribution in [1.82, 2.24) is 0 Å². The van der Waals surface area contributed by atoms with Crippen molar-refractivity contribution in [3.8, 4) is 0 Å². The van der Waals surface area contributed by atoms with Crippen LogP contribution < -0.4 is 5.46 Å². The van der Waals surface area contributed by atoms with Crippen LogP contribution in [0.1, 0.15) is 58.3 Å². The zero-order chi connectivity index (χ0) is 14.2. The number of hydrogen-bond donors (Lipinski definition) is 1. The minimum Gasteiger partial charge on any atom is -0.423 e. The first kappa shape index (κ1) is 15.6. The smallest absolute Gasteiger partial charge is 0.423 e. The van der Waals surface area contributed by atoms with Crippen molar-refractivity contribution in [2.24, 2.45) is 5.92 Å². The van der Waals surface area contributed by atoms with E-state index >= 15 is 0 Å². The summed E-state index contributed by atoms with van der Waals surface area (Å²) in [5.41, 5.74) is 0.859. The Morgan fingerprint density at radius 2 is 1.80 bits per heavy atom. The third-order valence-corrected chi connectivity index (χ3v) is 4.42. The fourth-order valence-corrected chi connectivity index (χ4v) is 3.12. The minimum atomic E-state index is -0.766. The average Bonchev–Trinajstić information content (AvgIpc) is 2.50. The molecule has 0 aliphatic heterocycles. The third-order valence-electron chi connectivity index (χ3n) is 4.42. The molecule has 1 aliphatic carbocycles. The molecule has 1 aromatic rings. The predicted octanol–water partition coefficient (Wildman–Crippen LogP) is 3.53. The molecule has 20 heavy (non-hydrogen) atoms. The van der Waals surface area contributed by atoms with Gasteiger partial charge in [0.1, 0.15) is 0 Å². The monoisotopic (exact) mass is 274 g/mol. The van der Waals surface area contributed by atoms with Gasteiger partial charge in [-0.05, 0) is 37.1 Å². The summed E-state index contributed by atoms with van der Waals surface area (Å²) in [7, 11) is -0.766. The van der Waals surface area contributed by atoms with Gasteiger partial charge in [-0.3, -0.25) is 0 Å². The molecule has 0 heterocycles. The van der Waals surface area contributed by atoms with E-state index in [1.165, 1.54) is 38.5 Å². The first-order valence-electron chi connectivity index (χ1n) is 8.18. The molecule has 1 aliphatic rings. The van der Waals surface area contributed by atoms with Gasteiger partial charge in [0.25, 0.3) is 0 Å². The van der Waals surface area contributed by atoms with Crippen LogP contribution in [0.5, 0.6) is 0 Å². The highest BCUT2D eigenvalue weighted by atomic mass is 16.5. The van der Waals surface area contributed by atoms with Crippen LogP contribution in [-0.4, -0.2) is 18.2 Å². The Kier molecular flexibility index (Phi) is 6.61. The normalized spacial score (nSPS) is 22.7. The molecule has 3 heteroatoms. The molecule has 1 fully saturated rings. The van der Waals surface area contributed by atoms with E-state index in [-0.39, 0.29) is 6.10 Å². The number of rotatable bonds is 7. The Bertz CT molecular complexity index is 361. The lowest BCUT2D eigenvalue weighted by Gasteiger charge is -2.29. The molecule has 0 aromatic heterocycles. The molecular weight excluding hydrogens is 247 g/mol. The van der Waals surface area contributed by atoms with E-state index in [0.717, 1.165) is 24.2 Å². The van der Waals surface area contributed by atoms with Gasteiger partial charge in [0, 0.05) is 6.10 Å². The molecule has 1 saturated carbocycles. The van der Waals surface area contributed by atoms with Crippen LogP contribution >= 0.6 is 0 Å². The molecule has 0 unspecified atom stereocenters. The van der Waals surface area contributed by atoms with Crippen molar-refractivity contribution >= 4 is 12.6 Å². The predicted molar refractivity (Wildman–Crippen MR) is 85.0 cm³/mol. The summed E-state index contributed by atoms with van der Waals surface area (Å²) in [5.74, 6) is 0.885. The second-order valence-corrected chi connectivity index (χ2v) is 6.04. The summed E-state index contributed by atoms with van der Waals surface area (Å²) in [6, 6.07) is 9.67. The van der Waals surface area contributed by atoms with Crippen molar-refractivity contribution in [3.05, 3.63) is 30.3 Å². The molecule has 110 valence electrons. The molecule has 0 amide bonds. The molecule has 0 spiro atoms. The zero-order valence-corrected chi connectivity index (χ0v) is 12.6. The van der Waals surface area contributed by atoms with Crippen LogP contribution in [0.25, 0.3) is 0 Å². The Balaban J connectivity index is 1.69. The Morgan fingerprint density at radius 3 is 2.45 bits per heavy atom. The maximum absolute atomic E-state index is 10.1. The summed E-state index contributed by atoms with van der Waals surface area (Å²) in [4.78, 5) is 0. The van der Waals surface area contributed by atoms with Gasteiger partial charge in [0.2, 0.25) is 0 Å². The van der Waals surface area contributed by atoms with Crippen molar-refractivity contribution in [2.75, 3.05) is 0 Å². The van der Waals surface area contributed by atoms with Gasteiger partial charge < -0.3 is 9.68 Å². The summed E-state index contributed by atoms with van der Waals surface area (Å²) in [5, 5.41) is 10.1. The van der Waals surface area contributed by atoms with E-state index in [1.54, 1.807) is 0 Å². The fourth-order valence-electron chi connectivity index (χ4n) is 3.12. The number of unbranched alkanes of at least 4 members (excludes halogenated alkanes) is 2. The fraction of sp³-hybridized carbons (Fsp3) is 0.647. The highest BCUT2D eigenvalue weighted by Crippen LogP contribution is 2.30. The minimum absolute atomic E-state index is 0.229. The Morgan fingerprint density at radius 1 is 1.10 bits per heavy atom. The summed E-state index contributed by atoms with van der Waals surface area (Å²) in [6.45, 7) is 2.26. The second-order valence-electron chi connectivity index (χ2n) is 6.04. The van der Waals surface area contributed by atoms with Crippen molar-refractivity contribution in [1.29, 1.82) is 0 Å². The Hall–Kier alpha value is -0.795. The first-order valence-corrected chi connectivity index (χ1v) is 8.18. The van der Waals surface area contributed by atoms with Crippen LogP contribution in [0, 0.1) is 5.92 Å². The van der Waals surface area contributed by atoms with Gasteiger partial charge in [-0.15, -0.1) is 0 Å². The summed E-state index contributed by atoms with van der Waals surface area (Å²) < 4.78 is 5.81. The van der Waals surface area contributed by atoms with E-state index < -0.39 is 7.12 Å². The van der Waals surface area contributed by atoms with E-state index in [4.69, 9.17) is 4.65 Å². The van der Waals surface area contributed by atoms with E-state index in [0.29, 0.717) is 0 Å². The van der Waals surface area contributed by atoms with Gasteiger partial charge in [-0.25, -0.2) is 0 Å². The molecule has 2 rings (SSSR count). The third kappa shape index (κ3) is 4.95. The first-order chi connectivity index (χ1) is 9.79. The maximum atomic E-state index is 10.1. The highest BCUT2D eigenvalue weighted by molar-refractivity contribution is 6.59. The molecular formula is C17H27BO2. The maximum Gasteiger partial charge on any atom is 0.491 e. The summed E-state index contributed by atoms with van der Waals surface area (Å²) in [6.07, 6.45) is 10.4. The molecule has 1 aromatic carbocycles. The van der Waals surface area contributed by atoms with Gasteiger partial charge in [0.05, 0.1) is 0 Å². The molecule has 2 nitrogen and oxygen atoms in total. The van der Waals surface area contributed by atoms with Gasteiger partial charge in [-0.2, -0.15) is 0 Å². The lowest BCUT2D eigenvalue weighted by molar-refractivity contribution is 0.110. The van der Waals surface area contributed by atoms with E-state index in [9.17, 15) is 5.02 Å². The van der Waals surface area contributed by atoms with Gasteiger partial charge in [-0.1, -0.05) is 62.9 Å². The lowest BCUT2D eigenvalue weighted by Crippen LogP contribution is -2.38. The van der Waals surface area contributed by atoms with Gasteiger partial charge >= 0.3 is 7.12 Å². The Labute approximate surface area is 123 Å². The average molecular weight is 274 g/mol. The van der Waals surface area contributed by atoms with Gasteiger partial charge in [0.15, 0.2) is 0 Å².